The Morgan fingerprint density at radius 2 is 0.788 bits per heavy atom. The Morgan fingerprint density at radius 1 is 0.576 bits per heavy atom. The molecule has 6 heteroatoms. The van der Waals surface area contributed by atoms with E-state index in [4.69, 9.17) is 9.90 Å². The largest absolute Gasteiger partial charge is 0.542 e. The summed E-state index contributed by atoms with van der Waals surface area (Å²) in [6.07, 6.45) is 26.0. The number of carbonyl (C=O) groups is 1. The van der Waals surface area contributed by atoms with Gasteiger partial charge in [0.15, 0.2) is 0 Å². The number of carbonyl (C=O) groups excluding carboxylic acids is 1. The molecular weight excluding hydrogens is 444 g/mol. The Balaban J connectivity index is 0. The van der Waals surface area contributed by atoms with E-state index >= 15 is 0 Å². The molecule has 2 nitrogen and oxygen atoms in total. The number of hydrogen-bond acceptors (Lipinski definition) is 2. The molecule has 0 amide bonds. The molecule has 0 saturated carbocycles. The molecule has 0 aromatic carbocycles. The van der Waals surface area contributed by atoms with Crippen molar-refractivity contribution in [1.82, 2.24) is 0 Å². The fourth-order valence-electron chi connectivity index (χ4n) is 4.16. The number of carboxylic acid groups (broad SMARTS) is 1. The first-order chi connectivity index (χ1) is 15.6. The summed E-state index contributed by atoms with van der Waals surface area (Å²) in [5.74, 6) is -3.01. The fraction of sp³-hybridized carbons (Fsp3) is 0.963. The topological polar surface area (TPSA) is 40.1 Å². The third-order valence-electron chi connectivity index (χ3n) is 6.39. The fourth-order valence-corrected chi connectivity index (χ4v) is 7.79. The molecule has 200 valence electrons. The van der Waals surface area contributed by atoms with Gasteiger partial charge >= 0.3 is 6.18 Å². The number of carboxylic acids is 1. The highest BCUT2D eigenvalue weighted by atomic mass is 31.2. The average molecular weight is 499 g/mol. The molecule has 0 N–H and O–H groups in total. The second kappa shape index (κ2) is 23.4. The molecule has 0 unspecified atom stereocenters. The lowest BCUT2D eigenvalue weighted by atomic mass is 10.1. The van der Waals surface area contributed by atoms with Gasteiger partial charge in [-0.05, 0) is 38.5 Å². The normalized spacial score (nSPS) is 11.8. The average Bonchev–Trinajstić information content (AvgIpc) is 2.75. The van der Waals surface area contributed by atoms with Crippen LogP contribution in [0.25, 0.3) is 0 Å². The van der Waals surface area contributed by atoms with Crippen LogP contribution in [0.2, 0.25) is 0 Å². The summed E-state index contributed by atoms with van der Waals surface area (Å²) in [6.45, 7) is 9.70. The number of unbranched alkanes of at least 4 members (excludes halogenated alkanes) is 15. The van der Waals surface area contributed by atoms with Gasteiger partial charge in [-0.15, -0.1) is 0 Å². The first-order valence-electron chi connectivity index (χ1n) is 13.7. The van der Waals surface area contributed by atoms with Crippen LogP contribution in [0.4, 0.5) is 13.2 Å². The van der Waals surface area contributed by atoms with Crippen LogP contribution in [0.1, 0.15) is 136 Å². The zero-order valence-corrected chi connectivity index (χ0v) is 23.1. The van der Waals surface area contributed by atoms with Crippen molar-refractivity contribution in [3.05, 3.63) is 0 Å². The van der Waals surface area contributed by atoms with Crippen molar-refractivity contribution in [3.63, 3.8) is 0 Å². The van der Waals surface area contributed by atoms with Gasteiger partial charge in [0.2, 0.25) is 0 Å². The Hall–Kier alpha value is -0.310. The predicted octanol–water partition coefficient (Wildman–Crippen LogP) is 9.01. The quantitative estimate of drug-likeness (QED) is 0.117. The van der Waals surface area contributed by atoms with E-state index in [1.54, 1.807) is 18.5 Å². The van der Waals surface area contributed by atoms with Gasteiger partial charge in [0.1, 0.15) is 5.97 Å². The molecule has 0 aromatic rings. The lowest BCUT2D eigenvalue weighted by Gasteiger charge is -2.24. The molecule has 0 aliphatic heterocycles. The van der Waals surface area contributed by atoms with Crippen molar-refractivity contribution in [2.24, 2.45) is 0 Å². The van der Waals surface area contributed by atoms with Gasteiger partial charge in [-0.2, -0.15) is 13.2 Å². The van der Waals surface area contributed by atoms with Gasteiger partial charge in [0.25, 0.3) is 0 Å². The van der Waals surface area contributed by atoms with E-state index in [-0.39, 0.29) is 0 Å². The van der Waals surface area contributed by atoms with E-state index < -0.39 is 19.4 Å². The summed E-state index contributed by atoms with van der Waals surface area (Å²) < 4.78 is 31.5. The molecule has 0 atom stereocenters. The lowest BCUT2D eigenvalue weighted by Crippen LogP contribution is -2.37. The van der Waals surface area contributed by atoms with E-state index in [0.29, 0.717) is 0 Å². The molecule has 0 aliphatic carbocycles. The Labute approximate surface area is 204 Å². The van der Waals surface area contributed by atoms with E-state index in [1.165, 1.54) is 116 Å². The Bertz CT molecular complexity index is 387. The molecule has 0 fully saturated rings. The Morgan fingerprint density at radius 3 is 1.00 bits per heavy atom. The monoisotopic (exact) mass is 498 g/mol. The highest BCUT2D eigenvalue weighted by molar-refractivity contribution is 7.75. The Kier molecular flexibility index (Phi) is 24.7. The summed E-state index contributed by atoms with van der Waals surface area (Å²) >= 11 is 0. The second-order valence-corrected chi connectivity index (χ2v) is 14.5. The summed E-state index contributed by atoms with van der Waals surface area (Å²) in [4.78, 5) is 8.78. The number of halogens is 3. The third-order valence-corrected chi connectivity index (χ3v) is 10.6. The summed E-state index contributed by atoms with van der Waals surface area (Å²) in [7, 11) is -0.636. The molecule has 0 spiro atoms. The number of hydrogen-bond donors (Lipinski definition) is 0. The maximum absolute atomic E-state index is 10.5. The number of alkyl halides is 3. The summed E-state index contributed by atoms with van der Waals surface area (Å²) in [5.41, 5.74) is 0. The van der Waals surface area contributed by atoms with Crippen molar-refractivity contribution < 1.29 is 23.1 Å². The number of rotatable bonds is 21. The van der Waals surface area contributed by atoms with Crippen molar-refractivity contribution in [2.45, 2.75) is 143 Å². The molecule has 0 radical (unpaired) electrons. The van der Waals surface area contributed by atoms with E-state index in [9.17, 15) is 13.2 Å². The van der Waals surface area contributed by atoms with Crippen LogP contribution in [0.3, 0.4) is 0 Å². The maximum atomic E-state index is 10.5. The van der Waals surface area contributed by atoms with E-state index in [2.05, 4.69) is 27.4 Å². The van der Waals surface area contributed by atoms with E-state index in [0.717, 1.165) is 0 Å². The number of aliphatic carboxylic acids is 1. The molecule has 0 rings (SSSR count). The molecule has 0 saturated heterocycles. The van der Waals surface area contributed by atoms with Crippen molar-refractivity contribution in [3.8, 4) is 0 Å². The molecule has 0 heterocycles. The van der Waals surface area contributed by atoms with Crippen LogP contribution in [-0.2, 0) is 4.79 Å². The van der Waals surface area contributed by atoms with Crippen molar-refractivity contribution in [2.75, 3.05) is 25.2 Å². The second-order valence-electron chi connectivity index (χ2n) is 9.88. The summed E-state index contributed by atoms with van der Waals surface area (Å²) in [5, 5.41) is 8.78. The van der Waals surface area contributed by atoms with Gasteiger partial charge in [-0.25, -0.2) is 0 Å². The first kappa shape index (κ1) is 34.9. The van der Waals surface area contributed by atoms with E-state index in [1.807, 2.05) is 0 Å². The lowest BCUT2D eigenvalue weighted by molar-refractivity contribution is -0.344. The maximum Gasteiger partial charge on any atom is 0.430 e. The van der Waals surface area contributed by atoms with Gasteiger partial charge in [0, 0.05) is 13.9 Å². The molecule has 0 aromatic heterocycles. The predicted molar refractivity (Wildman–Crippen MR) is 139 cm³/mol. The highest BCUT2D eigenvalue weighted by Gasteiger charge is 2.30. The van der Waals surface area contributed by atoms with Gasteiger partial charge in [-0.3, -0.25) is 0 Å². The van der Waals surface area contributed by atoms with Crippen LogP contribution in [0, 0.1) is 0 Å². The zero-order chi connectivity index (χ0) is 25.4. The minimum Gasteiger partial charge on any atom is -0.542 e. The minimum absolute atomic E-state index is 0.636. The smallest absolute Gasteiger partial charge is 0.430 e. The van der Waals surface area contributed by atoms with Crippen LogP contribution in [-0.4, -0.2) is 37.3 Å². The third kappa shape index (κ3) is 26.1. The first-order valence-corrected chi connectivity index (χ1v) is 16.5. The molecule has 0 bridgehead atoms. The molecule has 0 aliphatic rings. The molecular formula is C27H54F3O2P. The molecule has 33 heavy (non-hydrogen) atoms. The van der Waals surface area contributed by atoms with Crippen LogP contribution in [0.5, 0.6) is 0 Å². The van der Waals surface area contributed by atoms with Crippen LogP contribution < -0.4 is 5.11 Å². The van der Waals surface area contributed by atoms with Crippen molar-refractivity contribution in [1.29, 1.82) is 0 Å². The summed E-state index contributed by atoms with van der Waals surface area (Å²) in [6, 6.07) is 0. The van der Waals surface area contributed by atoms with Gasteiger partial charge in [0.05, 0.1) is 18.5 Å². The highest BCUT2D eigenvalue weighted by Crippen LogP contribution is 2.57. The van der Waals surface area contributed by atoms with Crippen molar-refractivity contribution >= 4 is 13.2 Å². The van der Waals surface area contributed by atoms with Crippen LogP contribution in [0.15, 0.2) is 0 Å². The standard InChI is InChI=1S/C25H54P.C2HF3O2/c1-5-8-11-14-17-20-23-26(4,24-21-18-15-12-9-6-2)25-22-19-16-13-10-7-3;3-2(4,5)1(6)7/h5-25H2,1-4H3;(H,6,7)/q+1;/p-1. The minimum atomic E-state index is -5.19. The SMILES string of the molecule is CCCCCCCC[P+](C)(CCCCCCCC)CCCCCCCC.O=C([O-])C(F)(F)F. The van der Waals surface area contributed by atoms with Gasteiger partial charge in [-0.1, -0.05) is 97.8 Å². The zero-order valence-electron chi connectivity index (χ0n) is 22.2. The van der Waals surface area contributed by atoms with Crippen LogP contribution >= 0.6 is 7.26 Å². The van der Waals surface area contributed by atoms with Gasteiger partial charge < -0.3 is 9.90 Å².